The van der Waals surface area contributed by atoms with Gasteiger partial charge in [0.05, 0.1) is 12.9 Å². The fraction of sp³-hybridized carbons (Fsp3) is 0.429. The molecular formula is C7H10N2O3. The van der Waals surface area contributed by atoms with Crippen LogP contribution in [0.5, 0.6) is 0 Å². The zero-order valence-electron chi connectivity index (χ0n) is 6.51. The number of carbonyl (C=O) groups is 1. The van der Waals surface area contributed by atoms with E-state index in [0.29, 0.717) is 6.42 Å². The largest absolute Gasteiger partial charge is 0.505 e. The highest BCUT2D eigenvalue weighted by molar-refractivity contribution is 5.56. The van der Waals surface area contributed by atoms with Crippen molar-refractivity contribution in [3.8, 4) is 0 Å². The Hall–Kier alpha value is -1.52. The molecule has 66 valence electrons. The monoisotopic (exact) mass is 170 g/mol. The highest BCUT2D eigenvalue weighted by Crippen LogP contribution is 1.91. The molecule has 0 saturated heterocycles. The highest BCUT2D eigenvalue weighted by Gasteiger charge is 1.95. The molecule has 1 N–H and O–H groups in total. The first-order valence-electron chi connectivity index (χ1n) is 3.60. The first-order chi connectivity index (χ1) is 5.79. The first kappa shape index (κ1) is 8.58. The summed E-state index contributed by atoms with van der Waals surface area (Å²) < 4.78 is 6.19. The van der Waals surface area contributed by atoms with E-state index in [2.05, 4.69) is 9.72 Å². The molecule has 12 heavy (non-hydrogen) atoms. The Kier molecular flexibility index (Phi) is 3.13. The number of imidazole rings is 1. The fourth-order valence-corrected chi connectivity index (χ4v) is 0.826. The predicted molar refractivity (Wildman–Crippen MR) is 40.8 cm³/mol. The van der Waals surface area contributed by atoms with Crippen LogP contribution in [0.4, 0.5) is 4.79 Å². The van der Waals surface area contributed by atoms with Crippen molar-refractivity contribution in [3.63, 3.8) is 0 Å². The zero-order valence-corrected chi connectivity index (χ0v) is 6.51. The van der Waals surface area contributed by atoms with Gasteiger partial charge in [0.15, 0.2) is 0 Å². The van der Waals surface area contributed by atoms with E-state index in [1.54, 1.807) is 12.5 Å². The van der Waals surface area contributed by atoms with E-state index < -0.39 is 6.16 Å². The van der Waals surface area contributed by atoms with Gasteiger partial charge in [-0.3, -0.25) is 0 Å². The molecule has 0 saturated carbocycles. The normalized spacial score (nSPS) is 9.67. The van der Waals surface area contributed by atoms with Crippen LogP contribution in [0.2, 0.25) is 0 Å². The van der Waals surface area contributed by atoms with Crippen molar-refractivity contribution in [1.29, 1.82) is 0 Å². The van der Waals surface area contributed by atoms with Gasteiger partial charge in [0.25, 0.3) is 0 Å². The van der Waals surface area contributed by atoms with Crippen LogP contribution in [0.3, 0.4) is 0 Å². The topological polar surface area (TPSA) is 64.3 Å². The number of rotatable bonds is 4. The maximum Gasteiger partial charge on any atom is 0.505 e. The van der Waals surface area contributed by atoms with Crippen LogP contribution < -0.4 is 0 Å². The number of aromatic nitrogens is 2. The van der Waals surface area contributed by atoms with E-state index in [4.69, 9.17) is 5.11 Å². The fourth-order valence-electron chi connectivity index (χ4n) is 0.826. The number of carboxylic acid groups (broad SMARTS) is 1. The summed E-state index contributed by atoms with van der Waals surface area (Å²) in [5, 5.41) is 8.13. The zero-order chi connectivity index (χ0) is 8.81. The summed E-state index contributed by atoms with van der Waals surface area (Å²) in [4.78, 5) is 13.8. The van der Waals surface area contributed by atoms with Crippen LogP contribution in [-0.4, -0.2) is 27.4 Å². The Balaban J connectivity index is 2.07. The Morgan fingerprint density at radius 2 is 2.50 bits per heavy atom. The van der Waals surface area contributed by atoms with Gasteiger partial charge in [-0.1, -0.05) is 0 Å². The van der Waals surface area contributed by atoms with Crippen LogP contribution in [0, 0.1) is 0 Å². The molecule has 0 radical (unpaired) electrons. The molecule has 0 bridgehead atoms. The molecule has 1 aromatic rings. The summed E-state index contributed by atoms with van der Waals surface area (Å²) >= 11 is 0. The van der Waals surface area contributed by atoms with E-state index >= 15 is 0 Å². The minimum absolute atomic E-state index is 0.230. The van der Waals surface area contributed by atoms with E-state index in [9.17, 15) is 4.79 Å². The molecule has 0 atom stereocenters. The SMILES string of the molecule is O=C(O)OCCCn1ccnc1. The maximum absolute atomic E-state index is 9.92. The quantitative estimate of drug-likeness (QED) is 0.540. The molecule has 0 amide bonds. The minimum atomic E-state index is -1.22. The molecule has 0 aliphatic heterocycles. The summed E-state index contributed by atoms with van der Waals surface area (Å²) in [6.45, 7) is 0.959. The standard InChI is InChI=1S/C7H10N2O3/c10-7(11)12-5-1-3-9-4-2-8-6-9/h2,4,6H,1,3,5H2,(H,10,11). The van der Waals surface area contributed by atoms with Gasteiger partial charge in [-0.05, 0) is 6.42 Å². The van der Waals surface area contributed by atoms with Gasteiger partial charge in [0.2, 0.25) is 0 Å². The minimum Gasteiger partial charge on any atom is -0.450 e. The molecule has 0 aliphatic carbocycles. The third-order valence-electron chi connectivity index (χ3n) is 1.35. The second kappa shape index (κ2) is 4.38. The molecule has 0 fully saturated rings. The third-order valence-corrected chi connectivity index (χ3v) is 1.35. The highest BCUT2D eigenvalue weighted by atomic mass is 16.7. The number of ether oxygens (including phenoxy) is 1. The van der Waals surface area contributed by atoms with Crippen LogP contribution in [0.1, 0.15) is 6.42 Å². The molecule has 0 aliphatic rings. The Labute approximate surface area is 69.6 Å². The summed E-state index contributed by atoms with van der Waals surface area (Å²) in [7, 11) is 0. The predicted octanol–water partition coefficient (Wildman–Crippen LogP) is 0.968. The second-order valence-corrected chi connectivity index (χ2v) is 2.27. The lowest BCUT2D eigenvalue weighted by atomic mass is 10.4. The van der Waals surface area contributed by atoms with Crippen molar-refractivity contribution in [1.82, 2.24) is 9.55 Å². The van der Waals surface area contributed by atoms with Gasteiger partial charge in [0.1, 0.15) is 0 Å². The summed E-state index contributed by atoms with van der Waals surface area (Å²) in [5.41, 5.74) is 0. The van der Waals surface area contributed by atoms with Crippen molar-refractivity contribution in [3.05, 3.63) is 18.7 Å². The summed E-state index contributed by atoms with van der Waals surface area (Å²) in [6.07, 6.45) is 4.63. The molecule has 1 rings (SSSR count). The molecule has 5 heteroatoms. The van der Waals surface area contributed by atoms with E-state index in [1.807, 2.05) is 10.8 Å². The van der Waals surface area contributed by atoms with Gasteiger partial charge < -0.3 is 14.4 Å². The molecule has 0 aromatic carbocycles. The van der Waals surface area contributed by atoms with Gasteiger partial charge >= 0.3 is 6.16 Å². The molecular weight excluding hydrogens is 160 g/mol. The van der Waals surface area contributed by atoms with Crippen molar-refractivity contribution in [2.45, 2.75) is 13.0 Å². The molecule has 0 unspecified atom stereocenters. The van der Waals surface area contributed by atoms with Crippen molar-refractivity contribution in [2.24, 2.45) is 0 Å². The lowest BCUT2D eigenvalue weighted by Gasteiger charge is -2.00. The van der Waals surface area contributed by atoms with Gasteiger partial charge in [-0.15, -0.1) is 0 Å². The molecule has 1 aromatic heterocycles. The Morgan fingerprint density at radius 1 is 1.67 bits per heavy atom. The van der Waals surface area contributed by atoms with E-state index in [-0.39, 0.29) is 6.61 Å². The van der Waals surface area contributed by atoms with Crippen LogP contribution >= 0.6 is 0 Å². The van der Waals surface area contributed by atoms with Gasteiger partial charge in [0, 0.05) is 18.9 Å². The van der Waals surface area contributed by atoms with Crippen LogP contribution in [0.25, 0.3) is 0 Å². The first-order valence-corrected chi connectivity index (χ1v) is 3.60. The third kappa shape index (κ3) is 3.05. The van der Waals surface area contributed by atoms with Crippen molar-refractivity contribution in [2.75, 3.05) is 6.61 Å². The lowest BCUT2D eigenvalue weighted by Crippen LogP contribution is -2.04. The summed E-state index contributed by atoms with van der Waals surface area (Å²) in [6, 6.07) is 0. The summed E-state index contributed by atoms with van der Waals surface area (Å²) in [5.74, 6) is 0. The number of hydrogen-bond acceptors (Lipinski definition) is 3. The van der Waals surface area contributed by atoms with E-state index in [1.165, 1.54) is 0 Å². The van der Waals surface area contributed by atoms with Gasteiger partial charge in [-0.2, -0.15) is 0 Å². The average molecular weight is 170 g/mol. The lowest BCUT2D eigenvalue weighted by molar-refractivity contribution is 0.0895. The van der Waals surface area contributed by atoms with Crippen LogP contribution in [-0.2, 0) is 11.3 Å². The van der Waals surface area contributed by atoms with E-state index in [0.717, 1.165) is 6.54 Å². The smallest absolute Gasteiger partial charge is 0.450 e. The van der Waals surface area contributed by atoms with Crippen molar-refractivity contribution >= 4 is 6.16 Å². The Morgan fingerprint density at radius 3 is 3.08 bits per heavy atom. The van der Waals surface area contributed by atoms with Crippen molar-refractivity contribution < 1.29 is 14.6 Å². The second-order valence-electron chi connectivity index (χ2n) is 2.27. The molecule has 0 spiro atoms. The molecule has 1 heterocycles. The maximum atomic E-state index is 9.92. The Bertz CT molecular complexity index is 233. The average Bonchev–Trinajstić information content (AvgIpc) is 2.49. The number of hydrogen-bond donors (Lipinski definition) is 1. The number of nitrogens with zero attached hydrogens (tertiary/aromatic N) is 2. The van der Waals surface area contributed by atoms with Gasteiger partial charge in [-0.25, -0.2) is 9.78 Å². The number of aryl methyl sites for hydroxylation is 1. The molecule has 5 nitrogen and oxygen atoms in total. The van der Waals surface area contributed by atoms with Crippen LogP contribution in [0.15, 0.2) is 18.7 Å².